The van der Waals surface area contributed by atoms with E-state index >= 15 is 0 Å². The van der Waals surface area contributed by atoms with Gasteiger partial charge in [0.1, 0.15) is 0 Å². The minimum Gasteiger partial charge on any atom is -0.350 e. The van der Waals surface area contributed by atoms with Crippen LogP contribution in [-0.4, -0.2) is 27.8 Å². The Kier molecular flexibility index (Phi) is 5.96. The van der Waals surface area contributed by atoms with Crippen LogP contribution in [0.4, 0.5) is 5.13 Å². The third-order valence-corrected chi connectivity index (χ3v) is 6.46. The summed E-state index contributed by atoms with van der Waals surface area (Å²) in [5, 5.41) is 17.7. The Labute approximate surface area is 154 Å². The topological polar surface area (TPSA) is 84.0 Å². The highest BCUT2D eigenvalue weighted by Crippen LogP contribution is 2.26. The van der Waals surface area contributed by atoms with E-state index in [-0.39, 0.29) is 17.6 Å². The van der Waals surface area contributed by atoms with Gasteiger partial charge in [-0.3, -0.25) is 14.9 Å². The van der Waals surface area contributed by atoms with Crippen LogP contribution in [0.1, 0.15) is 14.5 Å². The predicted molar refractivity (Wildman–Crippen MR) is 99.1 cm³/mol. The van der Waals surface area contributed by atoms with Crippen molar-refractivity contribution in [2.24, 2.45) is 0 Å². The summed E-state index contributed by atoms with van der Waals surface area (Å²) in [6.07, 6.45) is 0. The summed E-state index contributed by atoms with van der Waals surface area (Å²) in [6.45, 7) is 0.537. The Morgan fingerprint density at radius 1 is 1.12 bits per heavy atom. The van der Waals surface area contributed by atoms with Gasteiger partial charge in [0.15, 0.2) is 4.34 Å². The number of nitrogens with one attached hydrogen (secondary N) is 2. The molecule has 0 radical (unpaired) electrons. The normalized spacial score (nSPS) is 10.5. The summed E-state index contributed by atoms with van der Waals surface area (Å²) in [5.41, 5.74) is 0. The molecule has 3 aromatic rings. The second-order valence-electron chi connectivity index (χ2n) is 4.45. The number of carbonyl (C=O) groups is 2. The lowest BCUT2D eigenvalue weighted by Gasteiger charge is -2.01. The molecule has 0 aliphatic heterocycles. The van der Waals surface area contributed by atoms with Gasteiger partial charge in [-0.1, -0.05) is 35.2 Å². The van der Waals surface area contributed by atoms with Crippen LogP contribution in [0.5, 0.6) is 0 Å². The molecule has 3 heterocycles. The van der Waals surface area contributed by atoms with Crippen molar-refractivity contribution < 1.29 is 9.59 Å². The van der Waals surface area contributed by atoms with Crippen molar-refractivity contribution in [2.45, 2.75) is 10.9 Å². The molecule has 0 spiro atoms. The van der Waals surface area contributed by atoms with Gasteiger partial charge in [0.25, 0.3) is 5.91 Å². The number of thioether (sulfide) groups is 1. The van der Waals surface area contributed by atoms with Gasteiger partial charge in [0, 0.05) is 4.88 Å². The van der Waals surface area contributed by atoms with Gasteiger partial charge in [-0.15, -0.1) is 32.9 Å². The molecule has 0 atom stereocenters. The Bertz CT molecular complexity index is 799. The van der Waals surface area contributed by atoms with Crippen LogP contribution in [0.15, 0.2) is 39.4 Å². The van der Waals surface area contributed by atoms with E-state index < -0.39 is 0 Å². The largest absolute Gasteiger partial charge is 0.350 e. The summed E-state index contributed by atoms with van der Waals surface area (Å²) < 4.78 is 0.641. The molecule has 2 amide bonds. The summed E-state index contributed by atoms with van der Waals surface area (Å²) in [4.78, 5) is 25.5. The van der Waals surface area contributed by atoms with Gasteiger partial charge in [-0.25, -0.2) is 0 Å². The molecule has 0 bridgehead atoms. The zero-order chi connectivity index (χ0) is 16.8. The van der Waals surface area contributed by atoms with E-state index in [1.807, 2.05) is 29.0 Å². The molecular formula is C14H12N4O2S4. The minimum absolute atomic E-state index is 0.0622. The molecule has 0 aromatic carbocycles. The van der Waals surface area contributed by atoms with E-state index in [4.69, 9.17) is 0 Å². The van der Waals surface area contributed by atoms with Crippen molar-refractivity contribution in [3.63, 3.8) is 0 Å². The first-order valence-corrected chi connectivity index (χ1v) is 10.4. The van der Waals surface area contributed by atoms with E-state index in [9.17, 15) is 9.59 Å². The molecule has 10 heteroatoms. The highest BCUT2D eigenvalue weighted by Gasteiger charge is 2.12. The van der Waals surface area contributed by atoms with Crippen molar-refractivity contribution >= 4 is 62.7 Å². The molecule has 24 heavy (non-hydrogen) atoms. The maximum Gasteiger partial charge on any atom is 0.267 e. The third-order valence-electron chi connectivity index (χ3n) is 2.74. The second-order valence-corrected chi connectivity index (χ2v) is 8.63. The van der Waals surface area contributed by atoms with E-state index in [0.717, 1.165) is 4.88 Å². The van der Waals surface area contributed by atoms with Gasteiger partial charge in [-0.05, 0) is 22.9 Å². The number of hydrogen-bond acceptors (Lipinski definition) is 8. The molecule has 0 aliphatic carbocycles. The Morgan fingerprint density at radius 2 is 1.96 bits per heavy atom. The summed E-state index contributed by atoms with van der Waals surface area (Å²) in [7, 11) is 0. The van der Waals surface area contributed by atoms with Crippen LogP contribution >= 0.6 is 45.8 Å². The van der Waals surface area contributed by atoms with E-state index in [1.165, 1.54) is 34.4 Å². The molecule has 0 fully saturated rings. The monoisotopic (exact) mass is 396 g/mol. The molecule has 2 N–H and O–H groups in total. The first-order chi connectivity index (χ1) is 11.7. The first kappa shape index (κ1) is 17.1. The molecule has 0 unspecified atom stereocenters. The predicted octanol–water partition coefficient (Wildman–Crippen LogP) is 3.32. The molecule has 3 aromatic heterocycles. The maximum atomic E-state index is 11.9. The highest BCUT2D eigenvalue weighted by atomic mass is 32.2. The Balaban J connectivity index is 1.44. The van der Waals surface area contributed by atoms with Crippen LogP contribution < -0.4 is 10.6 Å². The van der Waals surface area contributed by atoms with Gasteiger partial charge in [-0.2, -0.15) is 0 Å². The molecule has 0 aliphatic rings. The molecule has 6 nitrogen and oxygen atoms in total. The SMILES string of the molecule is O=C(CSc1nnc(NC(=O)c2cccs2)s1)NCc1cccs1. The molecule has 0 saturated carbocycles. The third kappa shape index (κ3) is 4.87. The summed E-state index contributed by atoms with van der Waals surface area (Å²) in [6, 6.07) is 7.49. The quantitative estimate of drug-likeness (QED) is 0.473. The fourth-order valence-electron chi connectivity index (χ4n) is 1.66. The van der Waals surface area contributed by atoms with Crippen molar-refractivity contribution in [1.29, 1.82) is 0 Å². The molecular weight excluding hydrogens is 384 g/mol. The number of rotatable bonds is 7. The Morgan fingerprint density at radius 3 is 2.71 bits per heavy atom. The van der Waals surface area contributed by atoms with E-state index in [1.54, 1.807) is 17.4 Å². The van der Waals surface area contributed by atoms with Crippen molar-refractivity contribution in [3.05, 3.63) is 44.8 Å². The fraction of sp³-hybridized carbons (Fsp3) is 0.143. The van der Waals surface area contributed by atoms with Crippen LogP contribution in [-0.2, 0) is 11.3 Å². The van der Waals surface area contributed by atoms with Gasteiger partial charge in [0.05, 0.1) is 17.2 Å². The highest BCUT2D eigenvalue weighted by molar-refractivity contribution is 8.01. The van der Waals surface area contributed by atoms with E-state index in [2.05, 4.69) is 20.8 Å². The minimum atomic E-state index is -0.202. The van der Waals surface area contributed by atoms with E-state index in [0.29, 0.717) is 20.9 Å². The van der Waals surface area contributed by atoms with Crippen LogP contribution in [0, 0.1) is 0 Å². The average molecular weight is 397 g/mol. The van der Waals surface area contributed by atoms with Crippen LogP contribution in [0.3, 0.4) is 0 Å². The summed E-state index contributed by atoms with van der Waals surface area (Å²) >= 11 is 5.52. The van der Waals surface area contributed by atoms with Crippen molar-refractivity contribution in [2.75, 3.05) is 11.1 Å². The molecule has 0 saturated heterocycles. The maximum absolute atomic E-state index is 11.9. The van der Waals surface area contributed by atoms with Crippen LogP contribution in [0.2, 0.25) is 0 Å². The standard InChI is InChI=1S/C14H12N4O2S4/c19-11(15-7-9-3-1-5-21-9)8-23-14-18-17-13(24-14)16-12(20)10-4-2-6-22-10/h1-6H,7-8H2,(H,15,19)(H,16,17,20). The number of hydrogen-bond donors (Lipinski definition) is 2. The van der Waals surface area contributed by atoms with Gasteiger partial charge in [0.2, 0.25) is 11.0 Å². The summed E-state index contributed by atoms with van der Waals surface area (Å²) in [5.74, 6) is -0.00189. The number of amides is 2. The number of aromatic nitrogens is 2. The lowest BCUT2D eigenvalue weighted by molar-refractivity contribution is -0.118. The Hall–Kier alpha value is -1.75. The zero-order valence-electron chi connectivity index (χ0n) is 12.2. The van der Waals surface area contributed by atoms with Gasteiger partial charge >= 0.3 is 0 Å². The lowest BCUT2D eigenvalue weighted by Crippen LogP contribution is -2.24. The zero-order valence-corrected chi connectivity index (χ0v) is 15.5. The second kappa shape index (κ2) is 8.38. The van der Waals surface area contributed by atoms with Gasteiger partial charge < -0.3 is 5.32 Å². The van der Waals surface area contributed by atoms with Crippen LogP contribution in [0.25, 0.3) is 0 Å². The smallest absolute Gasteiger partial charge is 0.267 e. The van der Waals surface area contributed by atoms with Crippen molar-refractivity contribution in [1.82, 2.24) is 15.5 Å². The number of thiophene rings is 2. The molecule has 3 rings (SSSR count). The number of carbonyl (C=O) groups excluding carboxylic acids is 2. The average Bonchev–Trinajstić information content (AvgIpc) is 3.32. The lowest BCUT2D eigenvalue weighted by atomic mass is 10.4. The number of nitrogens with zero attached hydrogens (tertiary/aromatic N) is 2. The first-order valence-electron chi connectivity index (χ1n) is 6.81. The fourth-order valence-corrected chi connectivity index (χ4v) is 4.50. The number of anilines is 1. The van der Waals surface area contributed by atoms with Crippen molar-refractivity contribution in [3.8, 4) is 0 Å². The molecule has 124 valence electrons.